The van der Waals surface area contributed by atoms with E-state index >= 15 is 0 Å². The van der Waals surface area contributed by atoms with Gasteiger partial charge in [-0.15, -0.1) is 0 Å². The fraction of sp³-hybridized carbons (Fsp3) is 0.300. The molecule has 0 saturated carbocycles. The van der Waals surface area contributed by atoms with E-state index in [1.165, 1.54) is 19.1 Å². The van der Waals surface area contributed by atoms with Gasteiger partial charge in [0.25, 0.3) is 0 Å². The third-order valence-corrected chi connectivity index (χ3v) is 3.76. The molecule has 0 radical (unpaired) electrons. The highest BCUT2D eigenvalue weighted by molar-refractivity contribution is 7.92. The minimum atomic E-state index is -3.50. The molecule has 0 heterocycles. The van der Waals surface area contributed by atoms with Crippen molar-refractivity contribution in [1.29, 1.82) is 0 Å². The van der Waals surface area contributed by atoms with Gasteiger partial charge in [-0.05, 0) is 25.1 Å². The fourth-order valence-corrected chi connectivity index (χ4v) is 1.51. The first kappa shape index (κ1) is 13.4. The van der Waals surface area contributed by atoms with Crippen molar-refractivity contribution in [1.82, 2.24) is 0 Å². The Labute approximate surface area is 98.7 Å². The number of carbonyl (C=O) groups is 1. The van der Waals surface area contributed by atoms with Crippen LogP contribution in [0.3, 0.4) is 0 Å². The molecule has 0 aromatic heterocycles. The van der Waals surface area contributed by atoms with Gasteiger partial charge in [0, 0.05) is 11.9 Å². The van der Waals surface area contributed by atoms with Crippen LogP contribution in [0.1, 0.15) is 6.92 Å². The van der Waals surface area contributed by atoms with Crippen molar-refractivity contribution in [3.8, 4) is 0 Å². The zero-order valence-electron chi connectivity index (χ0n) is 9.40. The van der Waals surface area contributed by atoms with Crippen LogP contribution in [0.15, 0.2) is 18.2 Å². The predicted molar refractivity (Wildman–Crippen MR) is 63.7 cm³/mol. The molecule has 1 rings (SSSR count). The second-order valence-electron chi connectivity index (χ2n) is 3.70. The molecule has 1 aromatic carbocycles. The van der Waals surface area contributed by atoms with E-state index in [0.717, 1.165) is 12.3 Å². The Kier molecular flexibility index (Phi) is 3.72. The molecule has 0 saturated heterocycles. The van der Waals surface area contributed by atoms with Crippen molar-refractivity contribution < 1.29 is 17.6 Å². The number of carbonyl (C=O) groups excluding carboxylic acids is 1. The molecule has 7 heteroatoms. The minimum Gasteiger partial charge on any atom is -0.399 e. The van der Waals surface area contributed by atoms with E-state index in [9.17, 15) is 17.6 Å². The number of benzene rings is 1. The van der Waals surface area contributed by atoms with Crippen molar-refractivity contribution in [2.45, 2.75) is 12.2 Å². The largest absolute Gasteiger partial charge is 0.399 e. The van der Waals surface area contributed by atoms with Crippen molar-refractivity contribution in [2.75, 3.05) is 17.3 Å². The number of halogens is 1. The summed E-state index contributed by atoms with van der Waals surface area (Å²) < 4.78 is 35.6. The molecule has 0 aliphatic rings. The molecule has 1 unspecified atom stereocenters. The van der Waals surface area contributed by atoms with Gasteiger partial charge >= 0.3 is 0 Å². The molecule has 17 heavy (non-hydrogen) atoms. The predicted octanol–water partition coefficient (Wildman–Crippen LogP) is 0.780. The Morgan fingerprint density at radius 3 is 2.53 bits per heavy atom. The Balaban J connectivity index is 2.89. The second-order valence-corrected chi connectivity index (χ2v) is 6.07. The summed E-state index contributed by atoms with van der Waals surface area (Å²) in [6, 6.07) is 3.72. The van der Waals surface area contributed by atoms with Gasteiger partial charge in [-0.25, -0.2) is 12.8 Å². The average Bonchev–Trinajstić information content (AvgIpc) is 2.19. The van der Waals surface area contributed by atoms with Gasteiger partial charge in [-0.2, -0.15) is 0 Å². The smallest absolute Gasteiger partial charge is 0.242 e. The summed E-state index contributed by atoms with van der Waals surface area (Å²) in [6.07, 6.45) is 0.941. The molecule has 0 spiro atoms. The number of hydrogen-bond acceptors (Lipinski definition) is 4. The van der Waals surface area contributed by atoms with Crippen LogP contribution < -0.4 is 11.1 Å². The van der Waals surface area contributed by atoms with Gasteiger partial charge in [-0.1, -0.05) is 0 Å². The highest BCUT2D eigenvalue weighted by Gasteiger charge is 2.24. The van der Waals surface area contributed by atoms with E-state index in [1.54, 1.807) is 0 Å². The first-order valence-electron chi connectivity index (χ1n) is 4.76. The van der Waals surface area contributed by atoms with Gasteiger partial charge in [0.2, 0.25) is 5.91 Å². The number of rotatable bonds is 3. The highest BCUT2D eigenvalue weighted by Crippen LogP contribution is 2.17. The van der Waals surface area contributed by atoms with Crippen molar-refractivity contribution in [3.05, 3.63) is 24.0 Å². The zero-order valence-corrected chi connectivity index (χ0v) is 10.2. The van der Waals surface area contributed by atoms with Gasteiger partial charge in [0.15, 0.2) is 9.84 Å². The van der Waals surface area contributed by atoms with Crippen LogP contribution in [0.4, 0.5) is 15.8 Å². The lowest BCUT2D eigenvalue weighted by atomic mass is 10.2. The topological polar surface area (TPSA) is 89.3 Å². The quantitative estimate of drug-likeness (QED) is 0.786. The maximum atomic E-state index is 13.3. The normalized spacial score (nSPS) is 13.1. The maximum Gasteiger partial charge on any atom is 0.242 e. The lowest BCUT2D eigenvalue weighted by molar-refractivity contribution is -0.115. The second kappa shape index (κ2) is 4.70. The lowest BCUT2D eigenvalue weighted by Crippen LogP contribution is -2.32. The molecule has 0 aliphatic heterocycles. The molecule has 3 N–H and O–H groups in total. The third-order valence-electron chi connectivity index (χ3n) is 2.26. The molecular weight excluding hydrogens is 247 g/mol. The molecule has 1 aromatic rings. The van der Waals surface area contributed by atoms with E-state index in [4.69, 9.17) is 5.73 Å². The number of nitrogens with one attached hydrogen (secondary N) is 1. The van der Waals surface area contributed by atoms with E-state index in [2.05, 4.69) is 5.32 Å². The van der Waals surface area contributed by atoms with Crippen LogP contribution in [-0.4, -0.2) is 25.8 Å². The summed E-state index contributed by atoms with van der Waals surface area (Å²) in [6.45, 7) is 1.24. The summed E-state index contributed by atoms with van der Waals surface area (Å²) in [4.78, 5) is 11.5. The SMILES string of the molecule is CC(C(=O)Nc1ccc(N)cc1F)S(C)(=O)=O. The Bertz CT molecular complexity index is 542. The van der Waals surface area contributed by atoms with E-state index in [1.807, 2.05) is 0 Å². The molecule has 0 aliphatic carbocycles. The van der Waals surface area contributed by atoms with Crippen molar-refractivity contribution in [3.63, 3.8) is 0 Å². The van der Waals surface area contributed by atoms with Crippen LogP contribution in [-0.2, 0) is 14.6 Å². The van der Waals surface area contributed by atoms with Gasteiger partial charge < -0.3 is 11.1 Å². The molecule has 0 bridgehead atoms. The minimum absolute atomic E-state index is 0.0975. The van der Waals surface area contributed by atoms with Gasteiger partial charge in [0.1, 0.15) is 11.1 Å². The van der Waals surface area contributed by atoms with E-state index in [-0.39, 0.29) is 11.4 Å². The van der Waals surface area contributed by atoms with Crippen LogP contribution >= 0.6 is 0 Å². The third kappa shape index (κ3) is 3.42. The Hall–Kier alpha value is -1.63. The van der Waals surface area contributed by atoms with Crippen molar-refractivity contribution >= 4 is 27.1 Å². The molecule has 5 nitrogen and oxygen atoms in total. The highest BCUT2D eigenvalue weighted by atomic mass is 32.2. The number of amides is 1. The number of sulfone groups is 1. The first-order valence-corrected chi connectivity index (χ1v) is 6.72. The number of hydrogen-bond donors (Lipinski definition) is 2. The molecule has 1 atom stereocenters. The molecule has 0 fully saturated rings. The summed E-state index contributed by atoms with van der Waals surface area (Å²) in [5.41, 5.74) is 5.46. The Morgan fingerprint density at radius 2 is 2.06 bits per heavy atom. The standard InChI is InChI=1S/C10H13FN2O3S/c1-6(17(2,15)16)10(14)13-9-4-3-7(12)5-8(9)11/h3-6H,12H2,1-2H3,(H,13,14). The number of anilines is 2. The van der Waals surface area contributed by atoms with Crippen molar-refractivity contribution in [2.24, 2.45) is 0 Å². The van der Waals surface area contributed by atoms with Gasteiger partial charge in [0.05, 0.1) is 5.69 Å². The monoisotopic (exact) mass is 260 g/mol. The average molecular weight is 260 g/mol. The molecule has 94 valence electrons. The molecule has 1 amide bonds. The number of nitrogen functional groups attached to an aromatic ring is 1. The summed E-state index contributed by atoms with van der Waals surface area (Å²) in [5, 5.41) is 0.958. The van der Waals surface area contributed by atoms with Crippen LogP contribution in [0.5, 0.6) is 0 Å². The van der Waals surface area contributed by atoms with Crippen LogP contribution in [0.25, 0.3) is 0 Å². The van der Waals surface area contributed by atoms with Crippen LogP contribution in [0.2, 0.25) is 0 Å². The van der Waals surface area contributed by atoms with Crippen LogP contribution in [0, 0.1) is 5.82 Å². The lowest BCUT2D eigenvalue weighted by Gasteiger charge is -2.11. The van der Waals surface area contributed by atoms with E-state index < -0.39 is 26.8 Å². The summed E-state index contributed by atoms with van der Waals surface area (Å²) in [7, 11) is -3.50. The maximum absolute atomic E-state index is 13.3. The summed E-state index contributed by atoms with van der Waals surface area (Å²) in [5.74, 6) is -1.49. The Morgan fingerprint density at radius 1 is 1.47 bits per heavy atom. The molecular formula is C10H13FN2O3S. The zero-order chi connectivity index (χ0) is 13.2. The fourth-order valence-electron chi connectivity index (χ4n) is 1.06. The van der Waals surface area contributed by atoms with Gasteiger partial charge in [-0.3, -0.25) is 4.79 Å². The number of nitrogens with two attached hydrogens (primary N) is 1. The summed E-state index contributed by atoms with van der Waals surface area (Å²) >= 11 is 0. The first-order chi connectivity index (χ1) is 7.71. The van der Waals surface area contributed by atoms with E-state index in [0.29, 0.717) is 0 Å².